The molecule has 7 heteroatoms. The molecule has 0 saturated heterocycles. The van der Waals surface area contributed by atoms with E-state index in [2.05, 4.69) is 4.98 Å². The van der Waals surface area contributed by atoms with E-state index < -0.39 is 4.92 Å². The fourth-order valence-electron chi connectivity index (χ4n) is 0.705. The molecule has 13 heavy (non-hydrogen) atoms. The van der Waals surface area contributed by atoms with Crippen LogP contribution in [0.4, 0.5) is 11.4 Å². The summed E-state index contributed by atoms with van der Waals surface area (Å²) in [5, 5.41) is 27.4. The molecule has 0 aromatic heterocycles. The summed E-state index contributed by atoms with van der Waals surface area (Å²) in [6.45, 7) is 0. The Bertz CT molecular complexity index is 374. The van der Waals surface area contributed by atoms with E-state index in [4.69, 9.17) is 10.5 Å². The maximum absolute atomic E-state index is 10.2. The predicted octanol–water partition coefficient (Wildman–Crippen LogP) is -1.21. The van der Waals surface area contributed by atoms with Crippen molar-refractivity contribution in [3.63, 3.8) is 0 Å². The minimum atomic E-state index is -0.645. The van der Waals surface area contributed by atoms with Gasteiger partial charge in [-0.05, 0) is 6.07 Å². The zero-order chi connectivity index (χ0) is 9.14. The maximum atomic E-state index is 10.2. The molecule has 0 radical (unpaired) electrons. The molecule has 0 fully saturated rings. The van der Waals surface area contributed by atoms with E-state index in [-0.39, 0.29) is 29.5 Å². The van der Waals surface area contributed by atoms with Crippen molar-refractivity contribution >= 4 is 11.4 Å². The number of benzene rings is 1. The molecule has 0 unspecified atom stereocenters. The minimum Gasteiger partial charge on any atom is -1.00 e. The molecule has 0 spiro atoms. The number of nitrogens with zero attached hydrogens (tertiary/aromatic N) is 3. The maximum Gasteiger partial charge on any atom is 0.432 e. The Balaban J connectivity index is 0.00000144. The summed E-state index contributed by atoms with van der Waals surface area (Å²) >= 11 is 0. The number of nitro groups is 1. The number of phenolic OH excluding ortho intramolecular Hbond substituents is 1. The summed E-state index contributed by atoms with van der Waals surface area (Å²) in [6.07, 6.45) is 0. The predicted molar refractivity (Wildman–Crippen MR) is 39.5 cm³/mol. The summed E-state index contributed by atoms with van der Waals surface area (Å²) in [7, 11) is 0. The van der Waals surface area contributed by atoms with Crippen LogP contribution >= 0.6 is 0 Å². The second kappa shape index (κ2) is 4.23. The van der Waals surface area contributed by atoms with Gasteiger partial charge in [0.1, 0.15) is 6.07 Å². The van der Waals surface area contributed by atoms with Crippen LogP contribution in [-0.2, 0) is 0 Å². The summed E-state index contributed by atoms with van der Waals surface area (Å²) in [5.41, 5.74) is -0.454. The monoisotopic (exact) mass is 201 g/mol. The smallest absolute Gasteiger partial charge is 0.432 e. The van der Waals surface area contributed by atoms with Crippen molar-refractivity contribution in [2.45, 2.75) is 0 Å². The fraction of sp³-hybridized carbons (Fsp3) is 0. The Labute approximate surface area is 79.0 Å². The molecule has 1 N–H and O–H groups in total. The number of non-ortho nitro benzene ring substituents is 1. The quantitative estimate of drug-likeness (QED) is 0.351. The van der Waals surface area contributed by atoms with Crippen LogP contribution < -0.4 is 12.4 Å². The van der Waals surface area contributed by atoms with Crippen LogP contribution in [0.3, 0.4) is 0 Å². The summed E-state index contributed by atoms with van der Waals surface area (Å²) in [4.78, 5) is 12.2. The number of aromatic hydroxyl groups is 1. The average Bonchev–Trinajstić information content (AvgIpc) is 2.05. The van der Waals surface area contributed by atoms with Crippen molar-refractivity contribution < 1.29 is 22.4 Å². The molecule has 0 bridgehead atoms. The van der Waals surface area contributed by atoms with Crippen LogP contribution in [0.1, 0.15) is 0 Å². The molecule has 1 aromatic rings. The van der Waals surface area contributed by atoms with Gasteiger partial charge in [0.2, 0.25) is 11.1 Å². The van der Waals surface area contributed by atoms with Crippen LogP contribution in [-0.4, -0.2) is 10.0 Å². The molecule has 1 aromatic carbocycles. The van der Waals surface area contributed by atoms with E-state index in [9.17, 15) is 10.1 Å². The van der Waals surface area contributed by atoms with Crippen molar-refractivity contribution in [1.29, 1.82) is 5.39 Å². The molecular weight excluding hydrogens is 198 g/mol. The van der Waals surface area contributed by atoms with Crippen molar-refractivity contribution in [3.8, 4) is 5.75 Å². The first-order chi connectivity index (χ1) is 5.65. The highest BCUT2D eigenvalue weighted by molar-refractivity contribution is 5.60. The van der Waals surface area contributed by atoms with Gasteiger partial charge >= 0.3 is 5.69 Å². The van der Waals surface area contributed by atoms with Crippen molar-refractivity contribution in [2.75, 3.05) is 0 Å². The number of diazo groups is 1. The van der Waals surface area contributed by atoms with Gasteiger partial charge in [-0.3, -0.25) is 10.1 Å². The van der Waals surface area contributed by atoms with Gasteiger partial charge in [0.15, 0.2) is 4.98 Å². The van der Waals surface area contributed by atoms with Gasteiger partial charge in [-0.1, -0.05) is 0 Å². The van der Waals surface area contributed by atoms with Gasteiger partial charge in [-0.2, -0.15) is 0 Å². The minimum absolute atomic E-state index is 0. The van der Waals surface area contributed by atoms with Crippen LogP contribution in [0.2, 0.25) is 0 Å². The van der Waals surface area contributed by atoms with E-state index >= 15 is 0 Å². The first-order valence-corrected chi connectivity index (χ1v) is 2.97. The average molecular weight is 202 g/mol. The summed E-state index contributed by atoms with van der Waals surface area (Å²) in [5.74, 6) is -0.303. The third-order valence-corrected chi connectivity index (χ3v) is 1.28. The number of hydrogen-bond donors (Lipinski definition) is 1. The highest BCUT2D eigenvalue weighted by Crippen LogP contribution is 2.29. The number of hydrogen-bond acceptors (Lipinski definition) is 4. The second-order valence-electron chi connectivity index (χ2n) is 2.03. The number of halogens is 1. The molecule has 1 rings (SSSR count). The lowest BCUT2D eigenvalue weighted by Gasteiger charge is -1.87. The Morgan fingerprint density at radius 1 is 1.54 bits per heavy atom. The molecule has 0 aliphatic heterocycles. The number of rotatable bonds is 1. The Morgan fingerprint density at radius 3 is 2.62 bits per heavy atom. The summed E-state index contributed by atoms with van der Waals surface area (Å²) in [6, 6.07) is 3.17. The zero-order valence-electron chi connectivity index (χ0n) is 6.22. The first-order valence-electron chi connectivity index (χ1n) is 2.97. The van der Waals surface area contributed by atoms with Crippen LogP contribution in [0.15, 0.2) is 18.2 Å². The van der Waals surface area contributed by atoms with E-state index in [0.29, 0.717) is 0 Å². The van der Waals surface area contributed by atoms with Gasteiger partial charge in [0.05, 0.1) is 4.92 Å². The molecule has 0 saturated carbocycles. The Kier molecular flexibility index (Phi) is 3.62. The Morgan fingerprint density at radius 2 is 2.15 bits per heavy atom. The summed E-state index contributed by atoms with van der Waals surface area (Å²) < 4.78 is 0. The fourth-order valence-corrected chi connectivity index (χ4v) is 0.705. The number of nitro benzene ring substituents is 1. The molecule has 0 atom stereocenters. The molecule has 0 heterocycles. The lowest BCUT2D eigenvalue weighted by molar-refractivity contribution is -0.384. The van der Waals surface area contributed by atoms with E-state index in [0.717, 1.165) is 18.2 Å². The van der Waals surface area contributed by atoms with Crippen molar-refractivity contribution in [3.05, 3.63) is 33.3 Å². The molecule has 6 nitrogen and oxygen atoms in total. The largest absolute Gasteiger partial charge is 1.00 e. The van der Waals surface area contributed by atoms with Gasteiger partial charge in [-0.25, -0.2) is 0 Å². The number of phenols is 1. The Hall–Kier alpha value is -1.87. The van der Waals surface area contributed by atoms with Crippen molar-refractivity contribution in [2.24, 2.45) is 0 Å². The van der Waals surface area contributed by atoms with Crippen LogP contribution in [0.25, 0.3) is 4.98 Å². The van der Waals surface area contributed by atoms with Gasteiger partial charge in [-0.15, -0.1) is 0 Å². The highest BCUT2D eigenvalue weighted by atomic mass is 35.5. The van der Waals surface area contributed by atoms with E-state index in [1.807, 2.05) is 0 Å². The molecule has 0 aliphatic rings. The van der Waals surface area contributed by atoms with Gasteiger partial charge in [0, 0.05) is 6.07 Å². The van der Waals surface area contributed by atoms with Crippen molar-refractivity contribution in [1.82, 2.24) is 0 Å². The third kappa shape index (κ3) is 2.28. The molecule has 68 valence electrons. The lowest BCUT2D eigenvalue weighted by Crippen LogP contribution is -3.00. The van der Waals surface area contributed by atoms with Gasteiger partial charge < -0.3 is 17.5 Å². The standard InChI is InChI=1S/C6H3N3O3.ClH/c7-8-5-3-4(9(11)12)1-2-6(5)10;/h1-3H;1H. The van der Waals surface area contributed by atoms with Gasteiger partial charge in [0.25, 0.3) is 5.69 Å². The topological polar surface area (TPSA) is 91.5 Å². The van der Waals surface area contributed by atoms with Crippen LogP contribution in [0, 0.1) is 15.5 Å². The molecular formula is C6H4ClN3O3. The van der Waals surface area contributed by atoms with Crippen LogP contribution in [0.5, 0.6) is 5.75 Å². The SMILES string of the molecule is N#[N+]c1cc([N+](=O)[O-])ccc1O.[Cl-]. The first kappa shape index (κ1) is 11.1. The lowest BCUT2D eigenvalue weighted by atomic mass is 10.2. The third-order valence-electron chi connectivity index (χ3n) is 1.28. The normalized spacial score (nSPS) is 8.23. The highest BCUT2D eigenvalue weighted by Gasteiger charge is 2.18. The van der Waals surface area contributed by atoms with E-state index in [1.165, 1.54) is 0 Å². The van der Waals surface area contributed by atoms with E-state index in [1.54, 1.807) is 0 Å². The molecule has 0 aliphatic carbocycles. The zero-order valence-corrected chi connectivity index (χ0v) is 6.97. The second-order valence-corrected chi connectivity index (χ2v) is 2.03. The molecule has 0 amide bonds.